The first-order valence-corrected chi connectivity index (χ1v) is 10.9. The molecule has 0 amide bonds. The number of halogens is 1. The van der Waals surface area contributed by atoms with Gasteiger partial charge in [0.15, 0.2) is 5.58 Å². The molecule has 0 aliphatic rings. The zero-order chi connectivity index (χ0) is 15.5. The van der Waals surface area contributed by atoms with E-state index < -0.39 is 11.4 Å². The van der Waals surface area contributed by atoms with Gasteiger partial charge < -0.3 is 13.5 Å². The lowest BCUT2D eigenvalue weighted by atomic mass is 10.3. The van der Waals surface area contributed by atoms with Gasteiger partial charge in [-0.2, -0.15) is 0 Å². The molecule has 0 saturated heterocycles. The van der Waals surface area contributed by atoms with Crippen molar-refractivity contribution in [2.24, 2.45) is 0 Å². The highest BCUT2D eigenvalue weighted by Crippen LogP contribution is 2.61. The van der Waals surface area contributed by atoms with Crippen molar-refractivity contribution in [1.29, 1.82) is 0 Å². The molecule has 116 valence electrons. The van der Waals surface area contributed by atoms with E-state index >= 15 is 0 Å². The maximum Gasteiger partial charge on any atom is 0.420 e. The van der Waals surface area contributed by atoms with Crippen molar-refractivity contribution < 1.29 is 13.5 Å². The van der Waals surface area contributed by atoms with Crippen LogP contribution in [0.2, 0.25) is 5.02 Å². The van der Waals surface area contributed by atoms with Crippen LogP contribution in [0, 0.1) is 0 Å². The maximum absolute atomic E-state index is 11.9. The fourth-order valence-electron chi connectivity index (χ4n) is 1.71. The quantitative estimate of drug-likeness (QED) is 0.682. The Balaban J connectivity index is 2.27. The third-order valence-corrected chi connectivity index (χ3v) is 8.13. The lowest BCUT2D eigenvalue weighted by Gasteiger charge is -2.19. The van der Waals surface area contributed by atoms with Gasteiger partial charge in [-0.25, -0.2) is 4.79 Å². The molecule has 1 heterocycles. The minimum Gasteiger partial charge on any atom is -0.408 e. The summed E-state index contributed by atoms with van der Waals surface area (Å²) < 4.78 is 17.7. The van der Waals surface area contributed by atoms with E-state index in [1.165, 1.54) is 15.9 Å². The first kappa shape index (κ1) is 17.1. The highest BCUT2D eigenvalue weighted by Gasteiger charge is 2.20. The molecule has 0 aliphatic heterocycles. The van der Waals surface area contributed by atoms with Crippen molar-refractivity contribution in [2.75, 3.05) is 13.2 Å². The number of oxazole rings is 1. The van der Waals surface area contributed by atoms with Crippen molar-refractivity contribution in [3.63, 3.8) is 0 Å². The van der Waals surface area contributed by atoms with Crippen molar-refractivity contribution in [2.45, 2.75) is 19.7 Å². The molecular formula is C12H15ClNO4PS2. The Morgan fingerprint density at radius 1 is 1.38 bits per heavy atom. The number of hydrogen-bond acceptors (Lipinski definition) is 6. The molecule has 21 heavy (non-hydrogen) atoms. The number of benzene rings is 1. The molecule has 1 aromatic carbocycles. The van der Waals surface area contributed by atoms with E-state index in [9.17, 15) is 4.79 Å². The molecule has 0 aliphatic carbocycles. The van der Waals surface area contributed by atoms with E-state index in [4.69, 9.17) is 36.9 Å². The number of rotatable bonds is 7. The van der Waals surface area contributed by atoms with E-state index in [1.54, 1.807) is 18.2 Å². The van der Waals surface area contributed by atoms with Crippen molar-refractivity contribution >= 4 is 51.6 Å². The van der Waals surface area contributed by atoms with Crippen LogP contribution in [0.3, 0.4) is 0 Å². The highest BCUT2D eigenvalue weighted by atomic mass is 35.5. The number of nitrogens with zero attached hydrogens (tertiary/aromatic N) is 1. The summed E-state index contributed by atoms with van der Waals surface area (Å²) in [4.78, 5) is 11.9. The average molecular weight is 368 g/mol. The lowest BCUT2D eigenvalue weighted by molar-refractivity contribution is 0.280. The van der Waals surface area contributed by atoms with E-state index in [2.05, 4.69) is 0 Å². The summed E-state index contributed by atoms with van der Waals surface area (Å²) in [6, 6.07) is 5.03. The summed E-state index contributed by atoms with van der Waals surface area (Å²) in [6.07, 6.45) is 0. The van der Waals surface area contributed by atoms with Crippen LogP contribution in [0.15, 0.2) is 27.4 Å². The standard InChI is InChI=1S/C12H15ClNO4PS2/c1-3-16-19(20,17-4-2)21-8-14-10-7-9(13)5-6-11(10)18-12(14)15/h5-7H,3-4,8H2,1-2H3. The van der Waals surface area contributed by atoms with Gasteiger partial charge in [-0.15, -0.1) is 0 Å². The number of hydrogen-bond donors (Lipinski definition) is 0. The summed E-state index contributed by atoms with van der Waals surface area (Å²) in [6.45, 7) is 4.66. The van der Waals surface area contributed by atoms with Gasteiger partial charge in [0.1, 0.15) is 0 Å². The molecule has 1 aromatic heterocycles. The third-order valence-electron chi connectivity index (χ3n) is 2.55. The fraction of sp³-hybridized carbons (Fsp3) is 0.417. The average Bonchev–Trinajstić information content (AvgIpc) is 2.72. The molecule has 2 rings (SSSR count). The van der Waals surface area contributed by atoms with Crippen LogP contribution in [-0.4, -0.2) is 17.8 Å². The van der Waals surface area contributed by atoms with Gasteiger partial charge in [0, 0.05) is 5.02 Å². The highest BCUT2D eigenvalue weighted by molar-refractivity contribution is 8.67. The lowest BCUT2D eigenvalue weighted by Crippen LogP contribution is -2.12. The van der Waals surface area contributed by atoms with Crippen LogP contribution in [0.25, 0.3) is 11.1 Å². The van der Waals surface area contributed by atoms with Crippen molar-refractivity contribution in [3.05, 3.63) is 33.8 Å². The Kier molecular flexibility index (Phi) is 5.94. The molecule has 0 atom stereocenters. The summed E-state index contributed by atoms with van der Waals surface area (Å²) in [5.74, 6) is -0.155. The molecule has 0 N–H and O–H groups in total. The SMILES string of the molecule is CCOP(=S)(OCC)SCn1c(=O)oc2ccc(Cl)cc21. The summed E-state index contributed by atoms with van der Waals surface area (Å²) in [5, 5.41) is 0.538. The van der Waals surface area contributed by atoms with Crippen LogP contribution in [-0.2, 0) is 26.7 Å². The Morgan fingerprint density at radius 3 is 2.67 bits per heavy atom. The molecule has 0 unspecified atom stereocenters. The molecule has 0 saturated carbocycles. The van der Waals surface area contributed by atoms with Crippen molar-refractivity contribution in [3.8, 4) is 0 Å². The third kappa shape index (κ3) is 4.12. The van der Waals surface area contributed by atoms with Gasteiger partial charge in [-0.3, -0.25) is 4.57 Å². The van der Waals surface area contributed by atoms with Gasteiger partial charge in [-0.1, -0.05) is 11.6 Å². The first-order valence-electron chi connectivity index (χ1n) is 6.31. The molecule has 0 bridgehead atoms. The second kappa shape index (κ2) is 7.31. The Morgan fingerprint density at radius 2 is 2.05 bits per heavy atom. The normalized spacial score (nSPS) is 12.1. The molecule has 0 radical (unpaired) electrons. The van der Waals surface area contributed by atoms with E-state index in [1.807, 2.05) is 13.8 Å². The van der Waals surface area contributed by atoms with Gasteiger partial charge in [0.05, 0.1) is 24.6 Å². The first-order chi connectivity index (χ1) is 9.99. The van der Waals surface area contributed by atoms with Crippen LogP contribution < -0.4 is 5.76 Å². The zero-order valence-electron chi connectivity index (χ0n) is 11.6. The second-order valence-corrected chi connectivity index (χ2v) is 10.7. The monoisotopic (exact) mass is 367 g/mol. The van der Waals surface area contributed by atoms with Crippen LogP contribution in [0.4, 0.5) is 0 Å². The zero-order valence-corrected chi connectivity index (χ0v) is 14.9. The summed E-state index contributed by atoms with van der Waals surface area (Å²) in [7, 11) is 0. The maximum atomic E-state index is 11.9. The smallest absolute Gasteiger partial charge is 0.408 e. The Labute approximate surface area is 136 Å². The van der Waals surface area contributed by atoms with Gasteiger partial charge in [0.2, 0.25) is 5.69 Å². The molecule has 2 aromatic rings. The predicted octanol–water partition coefficient (Wildman–Crippen LogP) is 4.24. The fourth-order valence-corrected chi connectivity index (χ4v) is 6.14. The molecule has 9 heteroatoms. The topological polar surface area (TPSA) is 53.6 Å². The van der Waals surface area contributed by atoms with E-state index in [0.717, 1.165) is 0 Å². The largest absolute Gasteiger partial charge is 0.420 e. The second-order valence-electron chi connectivity index (χ2n) is 3.95. The number of fused-ring (bicyclic) bond motifs is 1. The predicted molar refractivity (Wildman–Crippen MR) is 90.6 cm³/mol. The Hall–Kier alpha value is -0.300. The summed E-state index contributed by atoms with van der Waals surface area (Å²) in [5.41, 5.74) is -1.33. The number of aromatic nitrogens is 1. The van der Waals surface area contributed by atoms with Crippen LogP contribution in [0.1, 0.15) is 13.8 Å². The minimum atomic E-state index is -2.45. The van der Waals surface area contributed by atoms with Gasteiger partial charge in [0.25, 0.3) is 0 Å². The Bertz CT molecular complexity index is 720. The minimum absolute atomic E-state index is 0.295. The molecule has 0 fully saturated rings. The van der Waals surface area contributed by atoms with Crippen molar-refractivity contribution in [1.82, 2.24) is 4.57 Å². The van der Waals surface area contributed by atoms with Crippen LogP contribution >= 0.6 is 28.7 Å². The van der Waals surface area contributed by atoms with Gasteiger partial charge >= 0.3 is 5.76 Å². The molecular weight excluding hydrogens is 353 g/mol. The molecule has 0 spiro atoms. The molecule has 5 nitrogen and oxygen atoms in total. The summed E-state index contributed by atoms with van der Waals surface area (Å²) >= 11 is 12.7. The van der Waals surface area contributed by atoms with Gasteiger partial charge in [-0.05, 0) is 55.2 Å². The van der Waals surface area contributed by atoms with E-state index in [0.29, 0.717) is 35.2 Å². The van der Waals surface area contributed by atoms with E-state index in [-0.39, 0.29) is 0 Å². The van der Waals surface area contributed by atoms with Crippen LogP contribution in [0.5, 0.6) is 0 Å².